The molecule has 0 atom stereocenters. The summed E-state index contributed by atoms with van der Waals surface area (Å²) in [5, 5.41) is 9.40. The number of carbonyl (C=O) groups is 1. The van der Waals surface area contributed by atoms with Crippen molar-refractivity contribution in [3.8, 4) is 5.75 Å². The van der Waals surface area contributed by atoms with Crippen LogP contribution in [0.4, 0.5) is 0 Å². The van der Waals surface area contributed by atoms with Crippen LogP contribution >= 0.6 is 47.8 Å². The molecule has 0 aliphatic heterocycles. The summed E-state index contributed by atoms with van der Waals surface area (Å²) in [6, 6.07) is 1.42. The van der Waals surface area contributed by atoms with Crippen molar-refractivity contribution in [1.82, 2.24) is 0 Å². The normalized spacial score (nSPS) is 10.2. The molecule has 0 aliphatic carbocycles. The van der Waals surface area contributed by atoms with Crippen LogP contribution in [0.1, 0.15) is 17.3 Å². The molecule has 1 aromatic carbocycles. The van der Waals surface area contributed by atoms with Gasteiger partial charge >= 0.3 is 0 Å². The van der Waals surface area contributed by atoms with E-state index in [9.17, 15) is 9.90 Å². The summed E-state index contributed by atoms with van der Waals surface area (Å²) in [5.41, 5.74) is 0.451. The Hall–Kier alpha value is 0.130. The zero-order valence-corrected chi connectivity index (χ0v) is 11.3. The van der Waals surface area contributed by atoms with Gasteiger partial charge in [-0.2, -0.15) is 0 Å². The maximum atomic E-state index is 11.1. The second-order valence-electron chi connectivity index (χ2n) is 2.44. The molecule has 13 heavy (non-hydrogen) atoms. The zero-order valence-electron chi connectivity index (χ0n) is 6.57. The van der Waals surface area contributed by atoms with Crippen molar-refractivity contribution in [3.05, 3.63) is 25.0 Å². The van der Waals surface area contributed by atoms with Crippen LogP contribution in [0, 0.1) is 0 Å². The minimum atomic E-state index is -0.102. The summed E-state index contributed by atoms with van der Waals surface area (Å²) < 4.78 is 1.81. The smallest absolute Gasteiger partial charge is 0.161 e. The molecule has 0 aliphatic rings. The van der Waals surface area contributed by atoms with E-state index in [4.69, 9.17) is 0 Å². The average Bonchev–Trinajstić information content (AvgIpc) is 2.07. The van der Waals surface area contributed by atoms with E-state index in [-0.39, 0.29) is 11.5 Å². The van der Waals surface area contributed by atoms with Gasteiger partial charge in [0.1, 0.15) is 5.75 Å². The lowest BCUT2D eigenvalue weighted by molar-refractivity contribution is 0.101. The molecule has 0 heterocycles. The highest BCUT2D eigenvalue weighted by molar-refractivity contribution is 9.14. The minimum Gasteiger partial charge on any atom is -0.507 e. The third-order valence-electron chi connectivity index (χ3n) is 1.51. The number of aromatic hydroxyl groups is 1. The highest BCUT2D eigenvalue weighted by Crippen LogP contribution is 2.39. The fourth-order valence-electron chi connectivity index (χ4n) is 0.847. The van der Waals surface area contributed by atoms with Gasteiger partial charge in [-0.3, -0.25) is 4.79 Å². The van der Waals surface area contributed by atoms with Crippen LogP contribution in [0.15, 0.2) is 19.5 Å². The number of hydrogen-bond acceptors (Lipinski definition) is 2. The largest absolute Gasteiger partial charge is 0.507 e. The Morgan fingerprint density at radius 3 is 2.23 bits per heavy atom. The summed E-state index contributed by atoms with van der Waals surface area (Å²) in [6.45, 7) is 1.44. The first-order chi connectivity index (χ1) is 5.95. The number of benzene rings is 1. The maximum Gasteiger partial charge on any atom is 0.161 e. The number of hydrogen-bond donors (Lipinski definition) is 1. The Balaban J connectivity index is 3.50. The van der Waals surface area contributed by atoms with Crippen LogP contribution in [-0.2, 0) is 0 Å². The van der Waals surface area contributed by atoms with Crippen molar-refractivity contribution in [2.45, 2.75) is 6.92 Å². The van der Waals surface area contributed by atoms with E-state index in [1.807, 2.05) is 0 Å². The first-order valence-electron chi connectivity index (χ1n) is 3.32. The number of phenols is 1. The molecule has 2 nitrogen and oxygen atoms in total. The van der Waals surface area contributed by atoms with Crippen molar-refractivity contribution in [2.24, 2.45) is 0 Å². The van der Waals surface area contributed by atoms with Crippen molar-refractivity contribution < 1.29 is 9.90 Å². The third-order valence-corrected chi connectivity index (χ3v) is 4.99. The van der Waals surface area contributed by atoms with Crippen LogP contribution in [0.5, 0.6) is 5.75 Å². The molecule has 0 unspecified atom stereocenters. The molecule has 1 rings (SSSR count). The molecular weight excluding hydrogens is 368 g/mol. The predicted molar refractivity (Wildman–Crippen MR) is 61.2 cm³/mol. The molecular formula is C8H5Br3O2. The number of rotatable bonds is 1. The van der Waals surface area contributed by atoms with Gasteiger partial charge in [-0.15, -0.1) is 0 Å². The van der Waals surface area contributed by atoms with Crippen LogP contribution < -0.4 is 0 Å². The molecule has 0 fully saturated rings. The van der Waals surface area contributed by atoms with Crippen molar-refractivity contribution in [2.75, 3.05) is 0 Å². The van der Waals surface area contributed by atoms with Crippen LogP contribution in [0.2, 0.25) is 0 Å². The second kappa shape index (κ2) is 4.11. The van der Waals surface area contributed by atoms with E-state index in [0.717, 1.165) is 0 Å². The fourth-order valence-corrected chi connectivity index (χ4v) is 2.43. The summed E-state index contributed by atoms with van der Waals surface area (Å²) in [5.74, 6) is -0.0596. The summed E-state index contributed by atoms with van der Waals surface area (Å²) in [6.07, 6.45) is 0. The van der Waals surface area contributed by atoms with Crippen LogP contribution in [0.3, 0.4) is 0 Å². The van der Waals surface area contributed by atoms with E-state index < -0.39 is 0 Å². The summed E-state index contributed by atoms with van der Waals surface area (Å²) >= 11 is 9.68. The predicted octanol–water partition coefficient (Wildman–Crippen LogP) is 3.88. The molecule has 0 spiro atoms. The maximum absolute atomic E-state index is 11.1. The fraction of sp³-hybridized carbons (Fsp3) is 0.125. The Morgan fingerprint density at radius 1 is 1.23 bits per heavy atom. The minimum absolute atomic E-state index is 0.0419. The molecule has 0 saturated heterocycles. The summed E-state index contributed by atoms with van der Waals surface area (Å²) in [7, 11) is 0. The van der Waals surface area contributed by atoms with Gasteiger partial charge in [0.25, 0.3) is 0 Å². The van der Waals surface area contributed by atoms with E-state index in [0.29, 0.717) is 19.0 Å². The van der Waals surface area contributed by atoms with E-state index in [2.05, 4.69) is 47.8 Å². The lowest BCUT2D eigenvalue weighted by Gasteiger charge is -2.06. The second-order valence-corrected chi connectivity index (χ2v) is 4.82. The summed E-state index contributed by atoms with van der Waals surface area (Å²) in [4.78, 5) is 11.1. The SMILES string of the molecule is CC(=O)c1cc(O)c(Br)c(Br)c1Br. The Labute approximate surface area is 101 Å². The molecule has 1 aromatic rings. The van der Waals surface area contributed by atoms with Gasteiger partial charge in [0.15, 0.2) is 5.78 Å². The van der Waals surface area contributed by atoms with Gasteiger partial charge in [-0.25, -0.2) is 0 Å². The van der Waals surface area contributed by atoms with Gasteiger partial charge in [0.05, 0.1) is 8.95 Å². The van der Waals surface area contributed by atoms with E-state index >= 15 is 0 Å². The molecule has 0 amide bonds. The van der Waals surface area contributed by atoms with Crippen molar-refractivity contribution in [1.29, 1.82) is 0 Å². The van der Waals surface area contributed by atoms with Gasteiger partial charge in [0, 0.05) is 10.0 Å². The highest BCUT2D eigenvalue weighted by Gasteiger charge is 2.14. The number of carbonyl (C=O) groups excluding carboxylic acids is 1. The van der Waals surface area contributed by atoms with Gasteiger partial charge in [0.2, 0.25) is 0 Å². The Bertz CT molecular complexity index is 374. The first kappa shape index (κ1) is 11.2. The number of Topliss-reactive ketones (excluding diaryl/α,β-unsaturated/α-hetero) is 1. The molecule has 0 saturated carbocycles. The highest BCUT2D eigenvalue weighted by atomic mass is 79.9. The average molecular weight is 373 g/mol. The van der Waals surface area contributed by atoms with E-state index in [1.165, 1.54) is 13.0 Å². The monoisotopic (exact) mass is 370 g/mol. The van der Waals surface area contributed by atoms with Gasteiger partial charge in [-0.05, 0) is 60.8 Å². The zero-order chi connectivity index (χ0) is 10.2. The third kappa shape index (κ3) is 2.14. The molecule has 5 heteroatoms. The van der Waals surface area contributed by atoms with Crippen LogP contribution in [0.25, 0.3) is 0 Å². The molecule has 70 valence electrons. The number of ketones is 1. The van der Waals surface area contributed by atoms with Gasteiger partial charge in [-0.1, -0.05) is 0 Å². The number of phenolic OH excluding ortho intramolecular Hbond substituents is 1. The molecule has 1 N–H and O–H groups in total. The van der Waals surface area contributed by atoms with Crippen molar-refractivity contribution >= 4 is 53.6 Å². The molecule has 0 aromatic heterocycles. The Kier molecular flexibility index (Phi) is 3.54. The van der Waals surface area contributed by atoms with Gasteiger partial charge < -0.3 is 5.11 Å². The van der Waals surface area contributed by atoms with Crippen LogP contribution in [-0.4, -0.2) is 10.9 Å². The standard InChI is InChI=1S/C8H5Br3O2/c1-3(12)4-2-5(13)7(10)8(11)6(4)9/h2,13H,1H3. The lowest BCUT2D eigenvalue weighted by atomic mass is 10.1. The Morgan fingerprint density at radius 2 is 1.77 bits per heavy atom. The lowest BCUT2D eigenvalue weighted by Crippen LogP contribution is -1.94. The number of halogens is 3. The topological polar surface area (TPSA) is 37.3 Å². The quantitative estimate of drug-likeness (QED) is 0.600. The first-order valence-corrected chi connectivity index (χ1v) is 5.70. The van der Waals surface area contributed by atoms with Crippen molar-refractivity contribution in [3.63, 3.8) is 0 Å². The molecule has 0 bridgehead atoms. The van der Waals surface area contributed by atoms with E-state index in [1.54, 1.807) is 0 Å². The molecule has 0 radical (unpaired) electrons.